The predicted octanol–water partition coefficient (Wildman–Crippen LogP) is 3.32. The van der Waals surface area contributed by atoms with Gasteiger partial charge in [-0.2, -0.15) is 0 Å². The first kappa shape index (κ1) is 12.4. The minimum atomic E-state index is 0.549. The van der Waals surface area contributed by atoms with Crippen molar-refractivity contribution in [1.29, 1.82) is 0 Å². The van der Waals surface area contributed by atoms with Crippen molar-refractivity contribution >= 4 is 5.82 Å². The van der Waals surface area contributed by atoms with E-state index < -0.39 is 0 Å². The zero-order valence-electron chi connectivity index (χ0n) is 10.9. The molecule has 2 rings (SSSR count). The van der Waals surface area contributed by atoms with Gasteiger partial charge in [-0.05, 0) is 32.4 Å². The number of rotatable bonds is 4. The second kappa shape index (κ2) is 5.49. The first-order valence-corrected chi connectivity index (χ1v) is 6.00. The van der Waals surface area contributed by atoms with Gasteiger partial charge in [-0.15, -0.1) is 0 Å². The Kier molecular flexibility index (Phi) is 3.77. The summed E-state index contributed by atoms with van der Waals surface area (Å²) in [4.78, 5) is 8.21. The molecule has 0 saturated heterocycles. The van der Waals surface area contributed by atoms with Crippen LogP contribution in [-0.4, -0.2) is 16.5 Å². The second-order valence-electron chi connectivity index (χ2n) is 4.14. The zero-order chi connectivity index (χ0) is 13.0. The van der Waals surface area contributed by atoms with Crippen molar-refractivity contribution in [2.24, 2.45) is 0 Å². The number of hydrogen-bond donors (Lipinski definition) is 1. The third-order valence-corrected chi connectivity index (χ3v) is 2.54. The number of anilines is 1. The van der Waals surface area contributed by atoms with Crippen LogP contribution in [0.15, 0.2) is 30.6 Å². The summed E-state index contributed by atoms with van der Waals surface area (Å²) in [6.45, 7) is 6.92. The van der Waals surface area contributed by atoms with Crippen molar-refractivity contribution in [3.05, 3.63) is 41.7 Å². The van der Waals surface area contributed by atoms with E-state index in [1.807, 2.05) is 26.0 Å². The summed E-state index contributed by atoms with van der Waals surface area (Å²) in [5, 5.41) is 3.13. The van der Waals surface area contributed by atoms with Gasteiger partial charge in [0.25, 0.3) is 0 Å². The highest BCUT2D eigenvalue weighted by Crippen LogP contribution is 2.24. The average molecular weight is 243 g/mol. The standard InChI is InChI=1S/C14H17N3O/c1-4-15-13-8-14(17-9-16-13)18-12-6-5-10(2)7-11(12)3/h5-9H,4H2,1-3H3,(H,15,16,17). The molecule has 0 amide bonds. The van der Waals surface area contributed by atoms with Crippen LogP contribution >= 0.6 is 0 Å². The van der Waals surface area contributed by atoms with Crippen molar-refractivity contribution in [3.8, 4) is 11.6 Å². The fourth-order valence-electron chi connectivity index (χ4n) is 1.70. The third kappa shape index (κ3) is 2.97. The van der Waals surface area contributed by atoms with Gasteiger partial charge in [-0.1, -0.05) is 17.7 Å². The molecule has 1 heterocycles. The van der Waals surface area contributed by atoms with Crippen LogP contribution in [-0.2, 0) is 0 Å². The van der Waals surface area contributed by atoms with Gasteiger partial charge in [0.2, 0.25) is 5.88 Å². The molecule has 2 aromatic rings. The van der Waals surface area contributed by atoms with Crippen LogP contribution in [0.3, 0.4) is 0 Å². The highest BCUT2D eigenvalue weighted by atomic mass is 16.5. The molecule has 4 nitrogen and oxygen atoms in total. The zero-order valence-corrected chi connectivity index (χ0v) is 10.9. The van der Waals surface area contributed by atoms with Crippen LogP contribution in [0.2, 0.25) is 0 Å². The van der Waals surface area contributed by atoms with Crippen LogP contribution in [0.25, 0.3) is 0 Å². The lowest BCUT2D eigenvalue weighted by atomic mass is 10.1. The molecular formula is C14H17N3O. The van der Waals surface area contributed by atoms with Crippen molar-refractivity contribution in [2.75, 3.05) is 11.9 Å². The van der Waals surface area contributed by atoms with Gasteiger partial charge >= 0.3 is 0 Å². The van der Waals surface area contributed by atoms with E-state index in [1.165, 1.54) is 11.9 Å². The first-order valence-electron chi connectivity index (χ1n) is 6.00. The van der Waals surface area contributed by atoms with E-state index in [-0.39, 0.29) is 0 Å². The number of nitrogens with zero attached hydrogens (tertiary/aromatic N) is 2. The molecule has 0 atom stereocenters. The Labute approximate surface area is 107 Å². The summed E-state index contributed by atoms with van der Waals surface area (Å²) < 4.78 is 5.76. The summed E-state index contributed by atoms with van der Waals surface area (Å²) in [5.74, 6) is 2.14. The van der Waals surface area contributed by atoms with E-state index in [2.05, 4.69) is 28.3 Å². The summed E-state index contributed by atoms with van der Waals surface area (Å²) in [7, 11) is 0. The molecule has 0 aliphatic rings. The van der Waals surface area contributed by atoms with Crippen molar-refractivity contribution < 1.29 is 4.74 Å². The molecular weight excluding hydrogens is 226 g/mol. The van der Waals surface area contributed by atoms with Gasteiger partial charge in [-0.3, -0.25) is 0 Å². The smallest absolute Gasteiger partial charge is 0.224 e. The Morgan fingerprint density at radius 2 is 2.00 bits per heavy atom. The highest BCUT2D eigenvalue weighted by Gasteiger charge is 2.04. The molecule has 0 unspecified atom stereocenters. The minimum absolute atomic E-state index is 0.549. The van der Waals surface area contributed by atoms with Gasteiger partial charge in [0, 0.05) is 12.6 Å². The number of benzene rings is 1. The van der Waals surface area contributed by atoms with Crippen LogP contribution in [0.1, 0.15) is 18.1 Å². The maximum atomic E-state index is 5.76. The average Bonchev–Trinajstić information content (AvgIpc) is 2.34. The molecule has 0 fully saturated rings. The lowest BCUT2D eigenvalue weighted by Gasteiger charge is -2.09. The minimum Gasteiger partial charge on any atom is -0.439 e. The molecule has 1 N–H and O–H groups in total. The topological polar surface area (TPSA) is 47.0 Å². The van der Waals surface area contributed by atoms with Gasteiger partial charge in [0.15, 0.2) is 0 Å². The Morgan fingerprint density at radius 1 is 1.17 bits per heavy atom. The van der Waals surface area contributed by atoms with Gasteiger partial charge in [0.05, 0.1) is 0 Å². The number of aryl methyl sites for hydroxylation is 2. The molecule has 18 heavy (non-hydrogen) atoms. The monoisotopic (exact) mass is 243 g/mol. The fraction of sp³-hybridized carbons (Fsp3) is 0.286. The van der Waals surface area contributed by atoms with Crippen LogP contribution in [0.5, 0.6) is 11.6 Å². The predicted molar refractivity (Wildman–Crippen MR) is 72.2 cm³/mol. The number of nitrogens with one attached hydrogen (secondary N) is 1. The van der Waals surface area contributed by atoms with E-state index in [9.17, 15) is 0 Å². The maximum absolute atomic E-state index is 5.76. The quantitative estimate of drug-likeness (QED) is 0.894. The van der Waals surface area contributed by atoms with Gasteiger partial charge in [0.1, 0.15) is 17.9 Å². The molecule has 1 aromatic carbocycles. The van der Waals surface area contributed by atoms with E-state index >= 15 is 0 Å². The van der Waals surface area contributed by atoms with Crippen molar-refractivity contribution in [3.63, 3.8) is 0 Å². The SMILES string of the molecule is CCNc1cc(Oc2ccc(C)cc2C)ncn1. The van der Waals surface area contributed by atoms with Gasteiger partial charge in [-0.25, -0.2) is 9.97 Å². The lowest BCUT2D eigenvalue weighted by Crippen LogP contribution is -2.00. The maximum Gasteiger partial charge on any atom is 0.224 e. The molecule has 0 bridgehead atoms. The summed E-state index contributed by atoms with van der Waals surface area (Å²) in [5.41, 5.74) is 2.31. The van der Waals surface area contributed by atoms with E-state index in [1.54, 1.807) is 6.07 Å². The van der Waals surface area contributed by atoms with Crippen molar-refractivity contribution in [1.82, 2.24) is 9.97 Å². The van der Waals surface area contributed by atoms with E-state index in [4.69, 9.17) is 4.74 Å². The van der Waals surface area contributed by atoms with E-state index in [0.717, 1.165) is 23.7 Å². The summed E-state index contributed by atoms with van der Waals surface area (Å²) >= 11 is 0. The number of hydrogen-bond acceptors (Lipinski definition) is 4. The number of aromatic nitrogens is 2. The molecule has 0 radical (unpaired) electrons. The van der Waals surface area contributed by atoms with E-state index in [0.29, 0.717) is 5.88 Å². The Balaban J connectivity index is 2.20. The molecule has 1 aromatic heterocycles. The second-order valence-corrected chi connectivity index (χ2v) is 4.14. The Bertz CT molecular complexity index is 540. The largest absolute Gasteiger partial charge is 0.439 e. The van der Waals surface area contributed by atoms with Crippen LogP contribution < -0.4 is 10.1 Å². The molecule has 94 valence electrons. The van der Waals surface area contributed by atoms with Crippen molar-refractivity contribution in [2.45, 2.75) is 20.8 Å². The van der Waals surface area contributed by atoms with Gasteiger partial charge < -0.3 is 10.1 Å². The molecule has 0 aliphatic carbocycles. The molecule has 0 saturated carbocycles. The Hall–Kier alpha value is -2.10. The van der Waals surface area contributed by atoms with Crippen LogP contribution in [0.4, 0.5) is 5.82 Å². The third-order valence-electron chi connectivity index (χ3n) is 2.54. The normalized spacial score (nSPS) is 10.2. The highest BCUT2D eigenvalue weighted by molar-refractivity contribution is 5.41. The fourth-order valence-corrected chi connectivity index (χ4v) is 1.70. The Morgan fingerprint density at radius 3 is 2.72 bits per heavy atom. The molecule has 0 spiro atoms. The first-order chi connectivity index (χ1) is 8.69. The summed E-state index contributed by atoms with van der Waals surface area (Å²) in [6, 6.07) is 7.86. The lowest BCUT2D eigenvalue weighted by molar-refractivity contribution is 0.458. The molecule has 4 heteroatoms. The summed E-state index contributed by atoms with van der Waals surface area (Å²) in [6.07, 6.45) is 1.50. The molecule has 0 aliphatic heterocycles. The number of ether oxygens (including phenoxy) is 1. The van der Waals surface area contributed by atoms with Crippen LogP contribution in [0, 0.1) is 13.8 Å².